The van der Waals surface area contributed by atoms with Crippen molar-refractivity contribution < 1.29 is 8.78 Å². The van der Waals surface area contributed by atoms with E-state index in [0.29, 0.717) is 12.0 Å². The molecule has 0 N–H and O–H groups in total. The van der Waals surface area contributed by atoms with E-state index in [9.17, 15) is 8.78 Å². The van der Waals surface area contributed by atoms with Crippen LogP contribution in [0.3, 0.4) is 0 Å². The lowest BCUT2D eigenvalue weighted by atomic mass is 9.95. The van der Waals surface area contributed by atoms with Gasteiger partial charge in [-0.25, -0.2) is 8.78 Å². The second kappa shape index (κ2) is 3.58. The van der Waals surface area contributed by atoms with Crippen LogP contribution in [0.25, 0.3) is 0 Å². The minimum atomic E-state index is -2.59. The van der Waals surface area contributed by atoms with Crippen LogP contribution in [0, 0.1) is 6.92 Å². The molecule has 1 aromatic rings. The summed E-state index contributed by atoms with van der Waals surface area (Å²) in [5.74, 6) is -2.59. The van der Waals surface area contributed by atoms with Crippen molar-refractivity contribution in [3.05, 3.63) is 34.4 Å². The van der Waals surface area contributed by atoms with E-state index in [4.69, 9.17) is 0 Å². The number of hydrogen-bond donors (Lipinski definition) is 0. The molecular weight excluding hydrogens is 194 g/mol. The monoisotopic (exact) mass is 210 g/mol. The van der Waals surface area contributed by atoms with Gasteiger partial charge in [-0.1, -0.05) is 25.5 Å². The number of alkyl halides is 2. The Morgan fingerprint density at radius 3 is 2.73 bits per heavy atom. The van der Waals surface area contributed by atoms with E-state index in [1.165, 1.54) is 0 Å². The zero-order valence-corrected chi connectivity index (χ0v) is 9.24. The summed E-state index contributed by atoms with van der Waals surface area (Å²) in [6.45, 7) is 3.95. The standard InChI is InChI=1S/C13H16F2/c1-3-4-10-6-5-9(2)11-7-8-13(14,15)12(10)11/h5-6H,3-4,7-8H2,1-2H3. The summed E-state index contributed by atoms with van der Waals surface area (Å²) in [5.41, 5.74) is 3.10. The molecule has 1 aliphatic carbocycles. The summed E-state index contributed by atoms with van der Waals surface area (Å²) >= 11 is 0. The Bertz CT molecular complexity index is 380. The number of benzene rings is 1. The Hall–Kier alpha value is -0.920. The third kappa shape index (κ3) is 1.66. The van der Waals surface area contributed by atoms with Crippen LogP contribution in [-0.2, 0) is 18.8 Å². The summed E-state index contributed by atoms with van der Waals surface area (Å²) in [4.78, 5) is 0. The second-order valence-electron chi connectivity index (χ2n) is 4.35. The first-order valence-electron chi connectivity index (χ1n) is 5.56. The van der Waals surface area contributed by atoms with Gasteiger partial charge in [0.05, 0.1) is 0 Å². The minimum absolute atomic E-state index is 0.0100. The lowest BCUT2D eigenvalue weighted by molar-refractivity contribution is -0.00264. The van der Waals surface area contributed by atoms with E-state index in [1.54, 1.807) is 0 Å². The molecule has 15 heavy (non-hydrogen) atoms. The number of fused-ring (bicyclic) bond motifs is 1. The molecule has 1 aliphatic rings. The number of aryl methyl sites for hydroxylation is 2. The first kappa shape index (κ1) is 10.6. The molecule has 82 valence electrons. The van der Waals surface area contributed by atoms with Gasteiger partial charge in [-0.2, -0.15) is 0 Å². The molecule has 0 unspecified atom stereocenters. The first-order chi connectivity index (χ1) is 7.06. The van der Waals surface area contributed by atoms with Gasteiger partial charge in [0, 0.05) is 12.0 Å². The topological polar surface area (TPSA) is 0 Å². The molecule has 0 saturated heterocycles. The van der Waals surface area contributed by atoms with Gasteiger partial charge < -0.3 is 0 Å². The summed E-state index contributed by atoms with van der Waals surface area (Å²) < 4.78 is 27.4. The molecule has 0 spiro atoms. The second-order valence-corrected chi connectivity index (χ2v) is 4.35. The van der Waals surface area contributed by atoms with Crippen LogP contribution >= 0.6 is 0 Å². The Balaban J connectivity index is 2.57. The molecule has 0 bridgehead atoms. The maximum Gasteiger partial charge on any atom is 0.274 e. The quantitative estimate of drug-likeness (QED) is 0.692. The van der Waals surface area contributed by atoms with Crippen molar-refractivity contribution in [1.29, 1.82) is 0 Å². The minimum Gasteiger partial charge on any atom is -0.201 e. The predicted octanol–water partition coefficient (Wildman–Crippen LogP) is 3.99. The fourth-order valence-electron chi connectivity index (χ4n) is 2.46. The van der Waals surface area contributed by atoms with E-state index in [2.05, 4.69) is 0 Å². The van der Waals surface area contributed by atoms with E-state index in [1.807, 2.05) is 26.0 Å². The molecule has 0 saturated carbocycles. The molecule has 0 aliphatic heterocycles. The van der Waals surface area contributed by atoms with Crippen LogP contribution in [0.4, 0.5) is 8.78 Å². The molecule has 0 aromatic heterocycles. The number of rotatable bonds is 2. The molecule has 0 amide bonds. The highest BCUT2D eigenvalue weighted by molar-refractivity contribution is 5.46. The molecule has 0 heterocycles. The highest BCUT2D eigenvalue weighted by Gasteiger charge is 2.41. The molecule has 0 fully saturated rings. The summed E-state index contributed by atoms with van der Waals surface area (Å²) in [6.07, 6.45) is 2.21. The van der Waals surface area contributed by atoms with Crippen molar-refractivity contribution in [2.75, 3.05) is 0 Å². The van der Waals surface area contributed by atoms with Gasteiger partial charge in [-0.3, -0.25) is 0 Å². The number of halogens is 2. The Morgan fingerprint density at radius 2 is 2.07 bits per heavy atom. The van der Waals surface area contributed by atoms with E-state index in [0.717, 1.165) is 29.5 Å². The predicted molar refractivity (Wildman–Crippen MR) is 57.4 cm³/mol. The molecule has 2 heteroatoms. The molecule has 2 rings (SSSR count). The lowest BCUT2D eigenvalue weighted by Crippen LogP contribution is -2.11. The van der Waals surface area contributed by atoms with Crippen LogP contribution in [0.2, 0.25) is 0 Å². The van der Waals surface area contributed by atoms with E-state index in [-0.39, 0.29) is 6.42 Å². The van der Waals surface area contributed by atoms with E-state index >= 15 is 0 Å². The smallest absolute Gasteiger partial charge is 0.201 e. The zero-order chi connectivity index (χ0) is 11.1. The van der Waals surface area contributed by atoms with Gasteiger partial charge in [-0.05, 0) is 36.5 Å². The van der Waals surface area contributed by atoms with Gasteiger partial charge in [0.25, 0.3) is 5.92 Å². The van der Waals surface area contributed by atoms with Crippen molar-refractivity contribution in [3.63, 3.8) is 0 Å². The van der Waals surface area contributed by atoms with Crippen LogP contribution in [0.5, 0.6) is 0 Å². The maximum atomic E-state index is 13.7. The molecular formula is C13H16F2. The van der Waals surface area contributed by atoms with E-state index < -0.39 is 5.92 Å². The third-order valence-electron chi connectivity index (χ3n) is 3.21. The van der Waals surface area contributed by atoms with Crippen molar-refractivity contribution >= 4 is 0 Å². The summed E-state index contributed by atoms with van der Waals surface area (Å²) in [7, 11) is 0. The molecule has 0 nitrogen and oxygen atoms in total. The van der Waals surface area contributed by atoms with Gasteiger partial charge in [0.2, 0.25) is 0 Å². The lowest BCUT2D eigenvalue weighted by Gasteiger charge is -2.16. The molecule has 0 atom stereocenters. The van der Waals surface area contributed by atoms with Crippen molar-refractivity contribution in [3.8, 4) is 0 Å². The summed E-state index contributed by atoms with van der Waals surface area (Å²) in [6, 6.07) is 3.85. The fourth-order valence-corrected chi connectivity index (χ4v) is 2.46. The zero-order valence-electron chi connectivity index (χ0n) is 9.24. The largest absolute Gasteiger partial charge is 0.274 e. The van der Waals surface area contributed by atoms with Gasteiger partial charge in [0.15, 0.2) is 0 Å². The number of hydrogen-bond acceptors (Lipinski definition) is 0. The van der Waals surface area contributed by atoms with Crippen molar-refractivity contribution in [2.45, 2.75) is 45.5 Å². The summed E-state index contributed by atoms with van der Waals surface area (Å²) in [5, 5.41) is 0. The fraction of sp³-hybridized carbons (Fsp3) is 0.538. The first-order valence-corrected chi connectivity index (χ1v) is 5.56. The van der Waals surface area contributed by atoms with Crippen LogP contribution in [-0.4, -0.2) is 0 Å². The molecule has 0 radical (unpaired) electrons. The Labute approximate surface area is 89.3 Å². The van der Waals surface area contributed by atoms with Crippen molar-refractivity contribution in [2.24, 2.45) is 0 Å². The van der Waals surface area contributed by atoms with Gasteiger partial charge >= 0.3 is 0 Å². The molecule has 1 aromatic carbocycles. The van der Waals surface area contributed by atoms with Crippen LogP contribution in [0.1, 0.15) is 42.0 Å². The SMILES string of the molecule is CCCc1ccc(C)c2c1C(F)(F)CC2. The van der Waals surface area contributed by atoms with Crippen molar-refractivity contribution in [1.82, 2.24) is 0 Å². The Kier molecular flexibility index (Phi) is 2.53. The average molecular weight is 210 g/mol. The van der Waals surface area contributed by atoms with Crippen LogP contribution < -0.4 is 0 Å². The van der Waals surface area contributed by atoms with Gasteiger partial charge in [-0.15, -0.1) is 0 Å². The van der Waals surface area contributed by atoms with Gasteiger partial charge in [0.1, 0.15) is 0 Å². The average Bonchev–Trinajstić information content (AvgIpc) is 2.49. The highest BCUT2D eigenvalue weighted by Crippen LogP contribution is 2.44. The maximum absolute atomic E-state index is 13.7. The Morgan fingerprint density at radius 1 is 1.33 bits per heavy atom. The highest BCUT2D eigenvalue weighted by atomic mass is 19.3. The normalized spacial score (nSPS) is 17.9. The van der Waals surface area contributed by atoms with Crippen LogP contribution in [0.15, 0.2) is 12.1 Å². The third-order valence-corrected chi connectivity index (χ3v) is 3.21.